The Bertz CT molecular complexity index is 1110. The van der Waals surface area contributed by atoms with Crippen LogP contribution < -0.4 is 0 Å². The molecule has 3 aromatic rings. The van der Waals surface area contributed by atoms with Crippen LogP contribution >= 0.6 is 0 Å². The molecule has 1 aromatic heterocycles. The first-order valence-corrected chi connectivity index (χ1v) is 11.1. The molecule has 0 saturated heterocycles. The monoisotopic (exact) mass is 428 g/mol. The normalized spacial score (nSPS) is 12.7. The van der Waals surface area contributed by atoms with Crippen molar-refractivity contribution in [3.8, 4) is 11.4 Å². The van der Waals surface area contributed by atoms with E-state index in [0.717, 1.165) is 21.7 Å². The second-order valence-corrected chi connectivity index (χ2v) is 9.21. The smallest absolute Gasteiger partial charge is 0.246 e. The van der Waals surface area contributed by atoms with Gasteiger partial charge in [0, 0.05) is 19.7 Å². The van der Waals surface area contributed by atoms with E-state index in [1.165, 1.54) is 11.9 Å². The number of aryl methyl sites for hydroxylation is 1. The first kappa shape index (κ1) is 21.7. The molecule has 30 heavy (non-hydrogen) atoms. The zero-order valence-corrected chi connectivity index (χ0v) is 18.1. The van der Waals surface area contributed by atoms with Crippen molar-refractivity contribution in [3.05, 3.63) is 71.6 Å². The standard InChI is InChI=1S/C21H24N4O4S/c1-15-10-12-17(13-11-15)20-22-18(29-23-20)14-24(2)21(26)19(25(3)30(4,27)28)16-8-6-5-7-9-16/h5-13,19H,14H2,1-4H3. The number of sulfonamides is 1. The van der Waals surface area contributed by atoms with E-state index in [-0.39, 0.29) is 12.4 Å². The lowest BCUT2D eigenvalue weighted by Gasteiger charge is -2.29. The summed E-state index contributed by atoms with van der Waals surface area (Å²) in [5, 5.41) is 3.98. The number of carbonyl (C=O) groups excluding carboxylic acids is 1. The molecule has 1 unspecified atom stereocenters. The van der Waals surface area contributed by atoms with Crippen LogP contribution in [0.3, 0.4) is 0 Å². The van der Waals surface area contributed by atoms with Gasteiger partial charge in [0.05, 0.1) is 12.8 Å². The fourth-order valence-corrected chi connectivity index (χ4v) is 3.56. The van der Waals surface area contributed by atoms with Crippen LogP contribution in [0.2, 0.25) is 0 Å². The van der Waals surface area contributed by atoms with Crippen molar-refractivity contribution in [2.24, 2.45) is 0 Å². The van der Waals surface area contributed by atoms with E-state index in [2.05, 4.69) is 10.1 Å². The van der Waals surface area contributed by atoms with Crippen LogP contribution in [0.5, 0.6) is 0 Å². The van der Waals surface area contributed by atoms with Gasteiger partial charge in [0.25, 0.3) is 0 Å². The predicted molar refractivity (Wildman–Crippen MR) is 113 cm³/mol. The van der Waals surface area contributed by atoms with Gasteiger partial charge in [0.2, 0.25) is 27.6 Å². The van der Waals surface area contributed by atoms with Crippen molar-refractivity contribution in [2.75, 3.05) is 20.4 Å². The maximum atomic E-state index is 13.2. The van der Waals surface area contributed by atoms with Crippen LogP contribution in [0.1, 0.15) is 23.1 Å². The lowest BCUT2D eigenvalue weighted by Crippen LogP contribution is -2.41. The lowest BCUT2D eigenvalue weighted by molar-refractivity contribution is -0.134. The number of nitrogens with zero attached hydrogens (tertiary/aromatic N) is 4. The minimum absolute atomic E-state index is 0.0542. The highest BCUT2D eigenvalue weighted by Crippen LogP contribution is 2.25. The fraction of sp³-hybridized carbons (Fsp3) is 0.286. The van der Waals surface area contributed by atoms with E-state index in [1.807, 2.05) is 31.2 Å². The number of rotatable bonds is 7. The molecular weight excluding hydrogens is 404 g/mol. The summed E-state index contributed by atoms with van der Waals surface area (Å²) in [4.78, 5) is 18.9. The quantitative estimate of drug-likeness (QED) is 0.574. The van der Waals surface area contributed by atoms with E-state index < -0.39 is 22.0 Å². The Morgan fingerprint density at radius 1 is 1.07 bits per heavy atom. The Kier molecular flexibility index (Phi) is 6.33. The third-order valence-corrected chi connectivity index (χ3v) is 6.02. The molecule has 1 amide bonds. The van der Waals surface area contributed by atoms with E-state index >= 15 is 0 Å². The summed E-state index contributed by atoms with van der Waals surface area (Å²) in [6.07, 6.45) is 1.07. The van der Waals surface area contributed by atoms with Crippen molar-refractivity contribution in [1.82, 2.24) is 19.3 Å². The molecule has 2 aromatic carbocycles. The molecule has 0 N–H and O–H groups in total. The van der Waals surface area contributed by atoms with Crippen LogP contribution in [0.25, 0.3) is 11.4 Å². The highest BCUT2D eigenvalue weighted by molar-refractivity contribution is 7.88. The van der Waals surface area contributed by atoms with Crippen molar-refractivity contribution in [1.29, 1.82) is 0 Å². The van der Waals surface area contributed by atoms with Crippen molar-refractivity contribution >= 4 is 15.9 Å². The second-order valence-electron chi connectivity index (χ2n) is 7.16. The summed E-state index contributed by atoms with van der Waals surface area (Å²) in [6, 6.07) is 15.5. The van der Waals surface area contributed by atoms with Crippen molar-refractivity contribution < 1.29 is 17.7 Å². The summed E-state index contributed by atoms with van der Waals surface area (Å²) in [5.41, 5.74) is 2.51. The predicted octanol–water partition coefficient (Wildman–Crippen LogP) is 2.64. The molecule has 158 valence electrons. The van der Waals surface area contributed by atoms with Gasteiger partial charge in [-0.2, -0.15) is 9.29 Å². The van der Waals surface area contributed by atoms with Gasteiger partial charge in [0.15, 0.2) is 0 Å². The van der Waals surface area contributed by atoms with Gasteiger partial charge in [-0.05, 0) is 12.5 Å². The lowest BCUT2D eigenvalue weighted by atomic mass is 10.1. The summed E-state index contributed by atoms with van der Waals surface area (Å²) in [6.45, 7) is 2.04. The number of amides is 1. The SMILES string of the molecule is Cc1ccc(-c2noc(CN(C)C(=O)C(c3ccccc3)N(C)S(C)(=O)=O)n2)cc1. The third-order valence-electron chi connectivity index (χ3n) is 4.76. The number of hydrogen-bond donors (Lipinski definition) is 0. The highest BCUT2D eigenvalue weighted by atomic mass is 32.2. The molecule has 3 rings (SSSR count). The topological polar surface area (TPSA) is 96.6 Å². The Morgan fingerprint density at radius 3 is 2.30 bits per heavy atom. The Balaban J connectivity index is 1.81. The average Bonchev–Trinajstić information content (AvgIpc) is 3.17. The second kappa shape index (κ2) is 8.76. The molecule has 0 saturated carbocycles. The Hall–Kier alpha value is -3.04. The molecule has 1 heterocycles. The molecule has 9 heteroatoms. The molecule has 0 spiro atoms. The maximum Gasteiger partial charge on any atom is 0.246 e. The van der Waals surface area contributed by atoms with Crippen LogP contribution in [0, 0.1) is 6.92 Å². The molecule has 0 radical (unpaired) electrons. The van der Waals surface area contributed by atoms with E-state index in [0.29, 0.717) is 11.4 Å². The molecule has 0 bridgehead atoms. The zero-order chi connectivity index (χ0) is 21.9. The van der Waals surface area contributed by atoms with Crippen LogP contribution in [-0.2, 0) is 21.4 Å². The van der Waals surface area contributed by atoms with Gasteiger partial charge >= 0.3 is 0 Å². The first-order chi connectivity index (χ1) is 14.2. The molecule has 8 nitrogen and oxygen atoms in total. The van der Waals surface area contributed by atoms with Gasteiger partial charge < -0.3 is 9.42 Å². The summed E-state index contributed by atoms with van der Waals surface area (Å²) in [7, 11) is -0.639. The van der Waals surface area contributed by atoms with Gasteiger partial charge in [-0.3, -0.25) is 4.79 Å². The number of aromatic nitrogens is 2. The van der Waals surface area contributed by atoms with E-state index in [4.69, 9.17) is 4.52 Å². The van der Waals surface area contributed by atoms with Crippen molar-refractivity contribution in [2.45, 2.75) is 19.5 Å². The number of benzene rings is 2. The van der Waals surface area contributed by atoms with Gasteiger partial charge in [-0.1, -0.05) is 65.3 Å². The minimum Gasteiger partial charge on any atom is -0.337 e. The number of carbonyl (C=O) groups is 1. The maximum absolute atomic E-state index is 13.2. The van der Waals surface area contributed by atoms with Crippen LogP contribution in [0.15, 0.2) is 59.1 Å². The Morgan fingerprint density at radius 2 is 1.70 bits per heavy atom. The highest BCUT2D eigenvalue weighted by Gasteiger charge is 2.33. The summed E-state index contributed by atoms with van der Waals surface area (Å²) >= 11 is 0. The van der Waals surface area contributed by atoms with Crippen molar-refractivity contribution in [3.63, 3.8) is 0 Å². The van der Waals surface area contributed by atoms with E-state index in [1.54, 1.807) is 37.4 Å². The van der Waals surface area contributed by atoms with Crippen LogP contribution in [-0.4, -0.2) is 54.0 Å². The largest absolute Gasteiger partial charge is 0.337 e. The number of likely N-dealkylation sites (N-methyl/N-ethyl adjacent to an activating group) is 2. The minimum atomic E-state index is -3.60. The third kappa shape index (κ3) is 4.92. The molecule has 0 aliphatic rings. The average molecular weight is 429 g/mol. The summed E-state index contributed by atoms with van der Waals surface area (Å²) < 4.78 is 30.6. The fourth-order valence-electron chi connectivity index (χ4n) is 2.96. The molecule has 1 atom stereocenters. The molecular formula is C21H24N4O4S. The van der Waals surface area contributed by atoms with E-state index in [9.17, 15) is 13.2 Å². The van der Waals surface area contributed by atoms with Crippen LogP contribution in [0.4, 0.5) is 0 Å². The van der Waals surface area contributed by atoms with Gasteiger partial charge in [-0.15, -0.1) is 0 Å². The van der Waals surface area contributed by atoms with Gasteiger partial charge in [-0.25, -0.2) is 8.42 Å². The number of hydrogen-bond acceptors (Lipinski definition) is 6. The van der Waals surface area contributed by atoms with Gasteiger partial charge in [0.1, 0.15) is 6.04 Å². The summed E-state index contributed by atoms with van der Waals surface area (Å²) in [5.74, 6) is 0.290. The first-order valence-electron chi connectivity index (χ1n) is 9.29. The molecule has 0 aliphatic carbocycles. The Labute approximate surface area is 176 Å². The molecule has 0 aliphatic heterocycles. The molecule has 0 fully saturated rings. The zero-order valence-electron chi connectivity index (χ0n) is 17.3.